The number of rotatable bonds is 4. The third-order valence-electron chi connectivity index (χ3n) is 3.23. The zero-order chi connectivity index (χ0) is 12.0. The molecule has 1 fully saturated rings. The summed E-state index contributed by atoms with van der Waals surface area (Å²) in [6.45, 7) is 7.65. The maximum absolute atomic E-state index is 5.46. The van der Waals surface area contributed by atoms with E-state index in [0.29, 0.717) is 11.5 Å². The Morgan fingerprint density at radius 1 is 1.50 bits per heavy atom. The molecule has 1 aliphatic rings. The van der Waals surface area contributed by atoms with Crippen LogP contribution in [0.4, 0.5) is 0 Å². The Kier molecular flexibility index (Phi) is 5.06. The van der Waals surface area contributed by atoms with E-state index in [2.05, 4.69) is 36.5 Å². The number of aliphatic imine (C=N–C) groups is 1. The lowest BCUT2D eigenvalue weighted by molar-refractivity contribution is 0.372. The average Bonchev–Trinajstić information content (AvgIpc) is 2.57. The Morgan fingerprint density at radius 3 is 2.75 bits per heavy atom. The molecule has 0 aliphatic heterocycles. The molecule has 4 nitrogen and oxygen atoms in total. The van der Waals surface area contributed by atoms with Crippen LogP contribution in [0.15, 0.2) is 4.99 Å². The van der Waals surface area contributed by atoms with Crippen molar-refractivity contribution in [3.8, 4) is 0 Å². The van der Waals surface area contributed by atoms with Gasteiger partial charge in [-0.25, -0.2) is 5.84 Å². The van der Waals surface area contributed by atoms with Gasteiger partial charge >= 0.3 is 0 Å². The van der Waals surface area contributed by atoms with Crippen LogP contribution in [0.25, 0.3) is 0 Å². The summed E-state index contributed by atoms with van der Waals surface area (Å²) in [5, 5.41) is 3.39. The highest BCUT2D eigenvalue weighted by atomic mass is 15.3. The number of unbranched alkanes of at least 4 members (excludes halogenated alkanes) is 1. The fourth-order valence-electron chi connectivity index (χ4n) is 2.23. The first-order valence-corrected chi connectivity index (χ1v) is 6.35. The van der Waals surface area contributed by atoms with Crippen LogP contribution in [0.5, 0.6) is 0 Å². The molecule has 94 valence electrons. The van der Waals surface area contributed by atoms with Gasteiger partial charge in [-0.2, -0.15) is 0 Å². The molecule has 0 aromatic heterocycles. The number of nitrogens with two attached hydrogens (primary N) is 1. The van der Waals surface area contributed by atoms with Gasteiger partial charge in [0.25, 0.3) is 0 Å². The molecular formula is C12H26N4. The normalized spacial score (nSPS) is 24.5. The van der Waals surface area contributed by atoms with E-state index in [1.54, 1.807) is 0 Å². The molecular weight excluding hydrogens is 200 g/mol. The van der Waals surface area contributed by atoms with Gasteiger partial charge in [0.2, 0.25) is 5.96 Å². The van der Waals surface area contributed by atoms with Crippen molar-refractivity contribution in [2.45, 2.75) is 58.9 Å². The Labute approximate surface area is 99.1 Å². The number of nitrogens with zero attached hydrogens (tertiary/aromatic N) is 1. The first-order valence-electron chi connectivity index (χ1n) is 6.35. The number of hydrogen-bond donors (Lipinski definition) is 3. The molecule has 1 rings (SSSR count). The quantitative estimate of drug-likeness (QED) is 0.225. The van der Waals surface area contributed by atoms with Gasteiger partial charge in [0.1, 0.15) is 0 Å². The van der Waals surface area contributed by atoms with E-state index >= 15 is 0 Å². The van der Waals surface area contributed by atoms with Gasteiger partial charge in [-0.1, -0.05) is 27.2 Å². The third kappa shape index (κ3) is 4.39. The molecule has 0 amide bonds. The smallest absolute Gasteiger partial charge is 0.205 e. The number of nitrogens with one attached hydrogen (secondary N) is 2. The third-order valence-corrected chi connectivity index (χ3v) is 3.23. The minimum absolute atomic E-state index is 0.459. The second-order valence-electron chi connectivity index (χ2n) is 5.48. The van der Waals surface area contributed by atoms with Crippen molar-refractivity contribution < 1.29 is 0 Å². The Hall–Kier alpha value is -0.770. The van der Waals surface area contributed by atoms with Gasteiger partial charge in [-0.05, 0) is 31.1 Å². The fourth-order valence-corrected chi connectivity index (χ4v) is 2.23. The molecule has 0 spiro atoms. The Balaban J connectivity index is 2.36. The molecule has 0 heterocycles. The molecule has 1 saturated carbocycles. The second-order valence-corrected chi connectivity index (χ2v) is 5.48. The maximum atomic E-state index is 5.46. The first-order chi connectivity index (χ1) is 7.57. The molecule has 0 aromatic carbocycles. The van der Waals surface area contributed by atoms with E-state index in [9.17, 15) is 0 Å². The van der Waals surface area contributed by atoms with Crippen molar-refractivity contribution in [2.75, 3.05) is 6.54 Å². The Bertz CT molecular complexity index is 235. The van der Waals surface area contributed by atoms with Crippen molar-refractivity contribution in [2.24, 2.45) is 16.3 Å². The second kappa shape index (κ2) is 6.09. The molecule has 1 atom stereocenters. The molecule has 4 heteroatoms. The van der Waals surface area contributed by atoms with Crippen LogP contribution in [0, 0.1) is 5.41 Å². The first kappa shape index (κ1) is 13.3. The lowest BCUT2D eigenvalue weighted by Gasteiger charge is -2.19. The van der Waals surface area contributed by atoms with E-state index < -0.39 is 0 Å². The van der Waals surface area contributed by atoms with Gasteiger partial charge in [0.15, 0.2) is 0 Å². The van der Waals surface area contributed by atoms with Crippen LogP contribution in [0.2, 0.25) is 0 Å². The van der Waals surface area contributed by atoms with Crippen LogP contribution in [0.1, 0.15) is 52.9 Å². The molecule has 0 saturated heterocycles. The van der Waals surface area contributed by atoms with Crippen LogP contribution in [0.3, 0.4) is 0 Å². The highest BCUT2D eigenvalue weighted by Gasteiger charge is 2.31. The SMILES string of the molecule is CCCCN=C(NN)NC1CCC(C)(C)C1. The van der Waals surface area contributed by atoms with Crippen LogP contribution in [-0.4, -0.2) is 18.5 Å². The van der Waals surface area contributed by atoms with Gasteiger partial charge in [-0.3, -0.25) is 10.4 Å². The molecule has 16 heavy (non-hydrogen) atoms. The van der Waals surface area contributed by atoms with E-state index in [1.165, 1.54) is 19.3 Å². The molecule has 1 aliphatic carbocycles. The molecule has 0 bridgehead atoms. The summed E-state index contributed by atoms with van der Waals surface area (Å²) in [4.78, 5) is 4.41. The standard InChI is InChI=1S/C12H26N4/c1-4-5-8-14-11(16-13)15-10-6-7-12(2,3)9-10/h10H,4-9,13H2,1-3H3,(H2,14,15,16). The van der Waals surface area contributed by atoms with Gasteiger partial charge in [0, 0.05) is 12.6 Å². The lowest BCUT2D eigenvalue weighted by atomic mass is 9.92. The lowest BCUT2D eigenvalue weighted by Crippen LogP contribution is -2.46. The molecule has 0 radical (unpaired) electrons. The zero-order valence-corrected chi connectivity index (χ0v) is 10.8. The van der Waals surface area contributed by atoms with Crippen LogP contribution in [-0.2, 0) is 0 Å². The molecule has 4 N–H and O–H groups in total. The summed E-state index contributed by atoms with van der Waals surface area (Å²) in [5.41, 5.74) is 3.11. The maximum Gasteiger partial charge on any atom is 0.205 e. The largest absolute Gasteiger partial charge is 0.353 e. The predicted octanol–water partition coefficient (Wildman–Crippen LogP) is 1.77. The minimum Gasteiger partial charge on any atom is -0.353 e. The van der Waals surface area contributed by atoms with Crippen LogP contribution < -0.4 is 16.6 Å². The molecule has 0 aromatic rings. The summed E-state index contributed by atoms with van der Waals surface area (Å²) in [7, 11) is 0. The Morgan fingerprint density at radius 2 is 2.25 bits per heavy atom. The van der Waals surface area contributed by atoms with Gasteiger partial charge in [-0.15, -0.1) is 0 Å². The van der Waals surface area contributed by atoms with Gasteiger partial charge in [0.05, 0.1) is 0 Å². The van der Waals surface area contributed by atoms with E-state index in [4.69, 9.17) is 5.84 Å². The van der Waals surface area contributed by atoms with Crippen molar-refractivity contribution in [1.29, 1.82) is 0 Å². The van der Waals surface area contributed by atoms with Crippen molar-refractivity contribution in [3.63, 3.8) is 0 Å². The van der Waals surface area contributed by atoms with E-state index in [1.807, 2.05) is 0 Å². The van der Waals surface area contributed by atoms with Crippen molar-refractivity contribution >= 4 is 5.96 Å². The average molecular weight is 226 g/mol. The summed E-state index contributed by atoms with van der Waals surface area (Å²) < 4.78 is 0. The number of hydrazine groups is 1. The van der Waals surface area contributed by atoms with Gasteiger partial charge < -0.3 is 5.32 Å². The summed E-state index contributed by atoms with van der Waals surface area (Å²) in [6.07, 6.45) is 5.96. The zero-order valence-electron chi connectivity index (χ0n) is 10.8. The number of hydrogen-bond acceptors (Lipinski definition) is 2. The highest BCUT2D eigenvalue weighted by Crippen LogP contribution is 2.36. The van der Waals surface area contributed by atoms with Crippen molar-refractivity contribution in [3.05, 3.63) is 0 Å². The monoisotopic (exact) mass is 226 g/mol. The highest BCUT2D eigenvalue weighted by molar-refractivity contribution is 5.79. The topological polar surface area (TPSA) is 62.4 Å². The van der Waals surface area contributed by atoms with Crippen molar-refractivity contribution in [1.82, 2.24) is 10.7 Å². The number of guanidine groups is 1. The fraction of sp³-hybridized carbons (Fsp3) is 0.917. The summed E-state index contributed by atoms with van der Waals surface area (Å²) in [5.74, 6) is 6.20. The molecule has 1 unspecified atom stereocenters. The summed E-state index contributed by atoms with van der Waals surface area (Å²) >= 11 is 0. The summed E-state index contributed by atoms with van der Waals surface area (Å²) in [6, 6.07) is 0.520. The minimum atomic E-state index is 0.459. The predicted molar refractivity (Wildman–Crippen MR) is 69.1 cm³/mol. The van der Waals surface area contributed by atoms with E-state index in [0.717, 1.165) is 25.3 Å². The van der Waals surface area contributed by atoms with E-state index in [-0.39, 0.29) is 0 Å². The van der Waals surface area contributed by atoms with Crippen LogP contribution >= 0.6 is 0 Å².